The lowest BCUT2D eigenvalue weighted by Gasteiger charge is -2.19. The molecule has 0 aromatic heterocycles. The Morgan fingerprint density at radius 3 is 2.62 bits per heavy atom. The van der Waals surface area contributed by atoms with E-state index in [4.69, 9.17) is 11.6 Å². The molecule has 136 valence electrons. The summed E-state index contributed by atoms with van der Waals surface area (Å²) < 4.78 is 0. The molecule has 2 aromatic carbocycles. The van der Waals surface area contributed by atoms with Gasteiger partial charge in [0.15, 0.2) is 0 Å². The monoisotopic (exact) mass is 370 g/mol. The van der Waals surface area contributed by atoms with Gasteiger partial charge in [-0.1, -0.05) is 54.1 Å². The van der Waals surface area contributed by atoms with E-state index in [9.17, 15) is 9.59 Å². The summed E-state index contributed by atoms with van der Waals surface area (Å²) in [6.07, 6.45) is 2.00. The van der Waals surface area contributed by atoms with Crippen molar-refractivity contribution in [3.63, 3.8) is 0 Å². The van der Waals surface area contributed by atoms with Crippen LogP contribution in [0.5, 0.6) is 0 Å². The SMILES string of the molecule is CC(CCc1ccccc1)NC(=O)C1CC(=O)N(c2ccccc2Cl)C1. The lowest BCUT2D eigenvalue weighted by atomic mass is 10.0. The van der Waals surface area contributed by atoms with Crippen LogP contribution in [0.25, 0.3) is 0 Å². The fraction of sp³-hybridized carbons (Fsp3) is 0.333. The zero-order chi connectivity index (χ0) is 18.5. The van der Waals surface area contributed by atoms with Gasteiger partial charge in [-0.3, -0.25) is 9.59 Å². The van der Waals surface area contributed by atoms with Gasteiger partial charge < -0.3 is 10.2 Å². The Morgan fingerprint density at radius 1 is 1.19 bits per heavy atom. The average Bonchev–Trinajstić information content (AvgIpc) is 3.03. The fourth-order valence-electron chi connectivity index (χ4n) is 3.25. The fourth-order valence-corrected chi connectivity index (χ4v) is 3.49. The molecule has 1 heterocycles. The van der Waals surface area contributed by atoms with Crippen molar-refractivity contribution in [1.82, 2.24) is 5.32 Å². The lowest BCUT2D eigenvalue weighted by molar-refractivity contribution is -0.126. The quantitative estimate of drug-likeness (QED) is 0.840. The van der Waals surface area contributed by atoms with E-state index in [1.165, 1.54) is 5.56 Å². The second-order valence-electron chi connectivity index (χ2n) is 6.79. The molecule has 0 saturated carbocycles. The van der Waals surface area contributed by atoms with E-state index in [2.05, 4.69) is 17.4 Å². The van der Waals surface area contributed by atoms with Gasteiger partial charge in [0.1, 0.15) is 0 Å². The predicted octanol–water partition coefficient (Wildman–Crippen LogP) is 3.83. The van der Waals surface area contributed by atoms with Crippen LogP contribution in [0, 0.1) is 5.92 Å². The molecule has 4 nitrogen and oxygen atoms in total. The van der Waals surface area contributed by atoms with Crippen LogP contribution >= 0.6 is 11.6 Å². The van der Waals surface area contributed by atoms with Crippen molar-refractivity contribution in [2.75, 3.05) is 11.4 Å². The van der Waals surface area contributed by atoms with E-state index in [1.54, 1.807) is 11.0 Å². The number of carbonyl (C=O) groups excluding carboxylic acids is 2. The molecule has 1 aliphatic rings. The van der Waals surface area contributed by atoms with Gasteiger partial charge in [0.2, 0.25) is 11.8 Å². The predicted molar refractivity (Wildman–Crippen MR) is 104 cm³/mol. The van der Waals surface area contributed by atoms with E-state index in [0.29, 0.717) is 17.3 Å². The van der Waals surface area contributed by atoms with Crippen LogP contribution in [-0.4, -0.2) is 24.4 Å². The Hall–Kier alpha value is -2.33. The summed E-state index contributed by atoms with van der Waals surface area (Å²) in [5.74, 6) is -0.457. The third kappa shape index (κ3) is 4.44. The van der Waals surface area contributed by atoms with Crippen molar-refractivity contribution in [3.8, 4) is 0 Å². The number of amides is 2. The Bertz CT molecular complexity index is 779. The highest BCUT2D eigenvalue weighted by Gasteiger charge is 2.36. The average molecular weight is 371 g/mol. The molecule has 1 fully saturated rings. The molecule has 0 aliphatic carbocycles. The zero-order valence-corrected chi connectivity index (χ0v) is 15.6. The molecule has 2 aromatic rings. The third-order valence-electron chi connectivity index (χ3n) is 4.74. The van der Waals surface area contributed by atoms with Crippen molar-refractivity contribution < 1.29 is 9.59 Å². The highest BCUT2D eigenvalue weighted by molar-refractivity contribution is 6.33. The maximum Gasteiger partial charge on any atom is 0.227 e. The molecular formula is C21H23ClN2O2. The van der Waals surface area contributed by atoms with Crippen molar-refractivity contribution in [2.24, 2.45) is 5.92 Å². The molecule has 5 heteroatoms. The molecule has 0 radical (unpaired) electrons. The Balaban J connectivity index is 1.54. The standard InChI is InChI=1S/C21H23ClN2O2/c1-15(11-12-16-7-3-2-4-8-16)23-21(26)17-13-20(25)24(14-17)19-10-6-5-9-18(19)22/h2-10,15,17H,11-14H2,1H3,(H,23,26). The topological polar surface area (TPSA) is 49.4 Å². The van der Waals surface area contributed by atoms with Crippen LogP contribution in [0.4, 0.5) is 5.69 Å². The summed E-state index contributed by atoms with van der Waals surface area (Å²) in [6.45, 7) is 2.38. The first-order valence-corrected chi connectivity index (χ1v) is 9.31. The molecule has 1 N–H and O–H groups in total. The van der Waals surface area contributed by atoms with Crippen molar-refractivity contribution >= 4 is 29.1 Å². The number of halogens is 1. The van der Waals surface area contributed by atoms with Gasteiger partial charge in [-0.25, -0.2) is 0 Å². The maximum atomic E-state index is 12.6. The Kier molecular flexibility index (Phi) is 5.94. The highest BCUT2D eigenvalue weighted by atomic mass is 35.5. The van der Waals surface area contributed by atoms with E-state index in [-0.39, 0.29) is 30.2 Å². The second-order valence-corrected chi connectivity index (χ2v) is 7.20. The van der Waals surface area contributed by atoms with Crippen molar-refractivity contribution in [2.45, 2.75) is 32.2 Å². The molecule has 2 atom stereocenters. The Labute approximate surface area is 159 Å². The van der Waals surface area contributed by atoms with E-state index in [1.807, 2.05) is 43.3 Å². The van der Waals surface area contributed by atoms with Crippen LogP contribution in [0.15, 0.2) is 54.6 Å². The number of nitrogens with one attached hydrogen (secondary N) is 1. The molecule has 1 aliphatic heterocycles. The van der Waals surface area contributed by atoms with Gasteiger partial charge in [-0.15, -0.1) is 0 Å². The zero-order valence-electron chi connectivity index (χ0n) is 14.8. The third-order valence-corrected chi connectivity index (χ3v) is 5.06. The summed E-state index contributed by atoms with van der Waals surface area (Å²) in [5.41, 5.74) is 1.93. The molecule has 3 rings (SSSR count). The van der Waals surface area contributed by atoms with Gasteiger partial charge in [0, 0.05) is 19.0 Å². The van der Waals surface area contributed by atoms with Crippen LogP contribution < -0.4 is 10.2 Å². The van der Waals surface area contributed by atoms with Crippen LogP contribution in [-0.2, 0) is 16.0 Å². The summed E-state index contributed by atoms with van der Waals surface area (Å²) in [6, 6.07) is 17.5. The molecule has 0 spiro atoms. The first-order chi connectivity index (χ1) is 12.5. The Morgan fingerprint density at radius 2 is 1.88 bits per heavy atom. The van der Waals surface area contributed by atoms with E-state index in [0.717, 1.165) is 12.8 Å². The first kappa shape index (κ1) is 18.5. The number of hydrogen-bond donors (Lipinski definition) is 1. The minimum Gasteiger partial charge on any atom is -0.353 e. The van der Waals surface area contributed by atoms with Crippen molar-refractivity contribution in [3.05, 3.63) is 65.2 Å². The molecule has 2 unspecified atom stereocenters. The minimum atomic E-state index is -0.335. The summed E-state index contributed by atoms with van der Waals surface area (Å²) in [4.78, 5) is 26.5. The van der Waals surface area contributed by atoms with Gasteiger partial charge >= 0.3 is 0 Å². The number of carbonyl (C=O) groups is 2. The number of para-hydroxylation sites is 1. The van der Waals surface area contributed by atoms with E-state index >= 15 is 0 Å². The van der Waals surface area contributed by atoms with Gasteiger partial charge in [0.05, 0.1) is 16.6 Å². The molecule has 26 heavy (non-hydrogen) atoms. The smallest absolute Gasteiger partial charge is 0.227 e. The van der Waals surface area contributed by atoms with Crippen LogP contribution in [0.2, 0.25) is 5.02 Å². The molecule has 2 amide bonds. The number of rotatable bonds is 6. The van der Waals surface area contributed by atoms with Crippen LogP contribution in [0.1, 0.15) is 25.3 Å². The molecule has 0 bridgehead atoms. The minimum absolute atomic E-state index is 0.0600. The van der Waals surface area contributed by atoms with Gasteiger partial charge in [-0.2, -0.15) is 0 Å². The number of benzene rings is 2. The highest BCUT2D eigenvalue weighted by Crippen LogP contribution is 2.31. The van der Waals surface area contributed by atoms with Crippen LogP contribution in [0.3, 0.4) is 0 Å². The normalized spacial score (nSPS) is 18.0. The van der Waals surface area contributed by atoms with E-state index < -0.39 is 0 Å². The first-order valence-electron chi connectivity index (χ1n) is 8.94. The lowest BCUT2D eigenvalue weighted by Crippen LogP contribution is -2.38. The van der Waals surface area contributed by atoms with Gasteiger partial charge in [-0.05, 0) is 37.5 Å². The largest absolute Gasteiger partial charge is 0.353 e. The molecular weight excluding hydrogens is 348 g/mol. The number of aryl methyl sites for hydroxylation is 1. The number of anilines is 1. The molecule has 1 saturated heterocycles. The number of nitrogens with zero attached hydrogens (tertiary/aromatic N) is 1. The summed E-state index contributed by atoms with van der Waals surface area (Å²) >= 11 is 6.19. The maximum absolute atomic E-state index is 12.6. The number of hydrogen-bond acceptors (Lipinski definition) is 2. The second kappa shape index (κ2) is 8.37. The summed E-state index contributed by atoms with van der Waals surface area (Å²) in [5, 5.41) is 3.57. The summed E-state index contributed by atoms with van der Waals surface area (Å²) in [7, 11) is 0. The van der Waals surface area contributed by atoms with Gasteiger partial charge in [0.25, 0.3) is 0 Å². The van der Waals surface area contributed by atoms with Crippen molar-refractivity contribution in [1.29, 1.82) is 0 Å².